The van der Waals surface area contributed by atoms with Crippen LogP contribution < -0.4 is 0 Å². The van der Waals surface area contributed by atoms with Crippen LogP contribution in [0.25, 0.3) is 0 Å². The molecule has 0 saturated carbocycles. The molecule has 0 aromatic rings. The number of hydrogen-bond donors (Lipinski definition) is 0. The minimum absolute atomic E-state index is 0.296. The first-order valence-electron chi connectivity index (χ1n) is 2.58. The molecule has 0 N–H and O–H groups in total. The summed E-state index contributed by atoms with van der Waals surface area (Å²) in [6.45, 7) is 0. The number of allylic oxidation sites excluding steroid dienone is 4. The summed E-state index contributed by atoms with van der Waals surface area (Å²) in [4.78, 5) is 0. The molecule has 1 heteroatoms. The van der Waals surface area contributed by atoms with Crippen LogP contribution in [0.5, 0.6) is 0 Å². The Kier molecular flexibility index (Phi) is 2.37. The van der Waals surface area contributed by atoms with E-state index in [9.17, 15) is 0 Å². The third-order valence-corrected chi connectivity index (χ3v) is 4.98. The molecule has 0 heterocycles. The first-order chi connectivity index (χ1) is 3.43. The summed E-state index contributed by atoms with van der Waals surface area (Å²) in [6, 6.07) is 0. The van der Waals surface area contributed by atoms with E-state index in [0.717, 1.165) is 2.32 Å². The molecule has 7 heavy (non-hydrogen) atoms. The zero-order chi connectivity index (χ0) is 5.11. The first-order valence-corrected chi connectivity index (χ1v) is 8.30. The molecule has 0 saturated heterocycles. The van der Waals surface area contributed by atoms with Gasteiger partial charge < -0.3 is 0 Å². The quantitative estimate of drug-likeness (QED) is 0.632. The van der Waals surface area contributed by atoms with Crippen LogP contribution in [0.3, 0.4) is 0 Å². The second kappa shape index (κ2) is 2.86. The van der Waals surface area contributed by atoms with Gasteiger partial charge >= 0.3 is 61.8 Å². The van der Waals surface area contributed by atoms with Gasteiger partial charge in [0.2, 0.25) is 0 Å². The Morgan fingerprint density at radius 1 is 1.29 bits per heavy atom. The second-order valence-corrected chi connectivity index (χ2v) is 6.19. The van der Waals surface area contributed by atoms with Gasteiger partial charge in [0.25, 0.3) is 0 Å². The molecule has 0 bridgehead atoms. The fraction of sp³-hybridized carbons (Fsp3) is 0.333. The van der Waals surface area contributed by atoms with Crippen molar-refractivity contribution in [2.24, 2.45) is 0 Å². The second-order valence-electron chi connectivity index (χ2n) is 1.68. The minimum atomic E-state index is -0.296. The van der Waals surface area contributed by atoms with Crippen molar-refractivity contribution in [1.29, 1.82) is 0 Å². The predicted octanol–water partition coefficient (Wildman–Crippen LogP) is 2.03. The van der Waals surface area contributed by atoms with Gasteiger partial charge in [-0.2, -0.15) is 0 Å². The maximum absolute atomic E-state index is 2.41. The van der Waals surface area contributed by atoms with E-state index in [0.29, 0.717) is 0 Å². The van der Waals surface area contributed by atoms with Crippen LogP contribution in [-0.2, 0) is 0 Å². The average Bonchev–Trinajstić information content (AvgIpc) is 2.14. The van der Waals surface area contributed by atoms with Crippen molar-refractivity contribution in [2.45, 2.75) is 5.65 Å². The Hall–Kier alpha value is 0.675. The normalized spacial score (nSPS) is 17.9. The van der Waals surface area contributed by atoms with Gasteiger partial charge in [-0.05, 0) is 0 Å². The molecule has 1 rings (SSSR count). The molecular formula is C6H8La. The fourth-order valence-electron chi connectivity index (χ4n) is 0.671. The van der Waals surface area contributed by atoms with Crippen LogP contribution in [-0.4, -0.2) is 0 Å². The third kappa shape index (κ3) is 1.56. The van der Waals surface area contributed by atoms with Gasteiger partial charge in [-0.25, -0.2) is 0 Å². The van der Waals surface area contributed by atoms with Crippen LogP contribution in [0.4, 0.5) is 0 Å². The maximum atomic E-state index is 2.41. The molecule has 0 aliphatic heterocycles. The Labute approximate surface area is 61.4 Å². The van der Waals surface area contributed by atoms with Gasteiger partial charge in [-0.15, -0.1) is 0 Å². The molecule has 35 valence electrons. The van der Waals surface area contributed by atoms with Crippen LogP contribution >= 0.6 is 0 Å². The van der Waals surface area contributed by atoms with Crippen molar-refractivity contribution in [3.8, 4) is 0 Å². The average molecular weight is 219 g/mol. The van der Waals surface area contributed by atoms with Crippen molar-refractivity contribution < 1.29 is 31.9 Å². The molecule has 0 atom stereocenters. The monoisotopic (exact) mass is 219 g/mol. The van der Waals surface area contributed by atoms with Crippen LogP contribution in [0.1, 0.15) is 0 Å². The molecule has 0 aromatic heterocycles. The van der Waals surface area contributed by atoms with Gasteiger partial charge in [0.15, 0.2) is 0 Å². The summed E-state index contributed by atoms with van der Waals surface area (Å²) in [7, 11) is 0. The Bertz CT molecular complexity index is 90.7. The molecule has 0 aromatic carbocycles. The van der Waals surface area contributed by atoms with E-state index in [2.05, 4.69) is 27.6 Å². The Balaban J connectivity index is 2.44. The zero-order valence-corrected chi connectivity index (χ0v) is 8.09. The number of hydrogen-bond acceptors (Lipinski definition) is 0. The molecule has 1 aliphatic carbocycles. The zero-order valence-electron chi connectivity index (χ0n) is 4.46. The molecule has 0 fully saturated rings. The van der Waals surface area contributed by atoms with Crippen molar-refractivity contribution in [2.75, 3.05) is 0 Å². The number of rotatable bonds is 1. The summed E-state index contributed by atoms with van der Waals surface area (Å²) < 4.78 is 3.35. The summed E-state index contributed by atoms with van der Waals surface area (Å²) >= 11 is -0.296. The Morgan fingerprint density at radius 2 is 1.86 bits per heavy atom. The van der Waals surface area contributed by atoms with E-state index in [-0.39, 0.29) is 31.9 Å². The van der Waals surface area contributed by atoms with Crippen LogP contribution in [0.15, 0.2) is 24.3 Å². The summed E-state index contributed by atoms with van der Waals surface area (Å²) in [5.74, 6) is 0. The molecule has 0 spiro atoms. The third-order valence-electron chi connectivity index (χ3n) is 1.16. The van der Waals surface area contributed by atoms with Crippen molar-refractivity contribution in [3.05, 3.63) is 24.3 Å². The van der Waals surface area contributed by atoms with Crippen molar-refractivity contribution >= 4 is 0 Å². The molecule has 0 amide bonds. The van der Waals surface area contributed by atoms with E-state index in [4.69, 9.17) is 0 Å². The van der Waals surface area contributed by atoms with Crippen LogP contribution in [0.2, 0.25) is 5.65 Å². The molecule has 1 aliphatic rings. The van der Waals surface area contributed by atoms with Gasteiger partial charge in [0.05, 0.1) is 0 Å². The van der Waals surface area contributed by atoms with E-state index in [1.54, 1.807) is 0 Å². The van der Waals surface area contributed by atoms with Crippen molar-refractivity contribution in [1.82, 2.24) is 0 Å². The fourth-order valence-corrected chi connectivity index (χ4v) is 2.87. The van der Waals surface area contributed by atoms with Crippen molar-refractivity contribution in [3.63, 3.8) is 0 Å². The summed E-state index contributed by atoms with van der Waals surface area (Å²) in [6.07, 6.45) is 8.94. The standard InChI is InChI=1S/C5H5.CH3.La/c1-2-4-5-3-1;;/h1-5H;1H3;. The summed E-state index contributed by atoms with van der Waals surface area (Å²) in [5, 5.41) is 0. The van der Waals surface area contributed by atoms with Gasteiger partial charge in [-0.1, -0.05) is 0 Å². The first kappa shape index (κ1) is 5.81. The van der Waals surface area contributed by atoms with E-state index >= 15 is 0 Å². The topological polar surface area (TPSA) is 0 Å². The molecule has 0 radical (unpaired) electrons. The molecule has 0 unspecified atom stereocenters. The molecule has 0 nitrogen and oxygen atoms in total. The SMILES string of the molecule is [CH3][La][CH]1C=CC=C1. The predicted molar refractivity (Wildman–Crippen MR) is 27.9 cm³/mol. The van der Waals surface area contributed by atoms with E-state index < -0.39 is 0 Å². The van der Waals surface area contributed by atoms with Gasteiger partial charge in [0.1, 0.15) is 0 Å². The van der Waals surface area contributed by atoms with E-state index in [1.165, 1.54) is 0 Å². The van der Waals surface area contributed by atoms with Crippen LogP contribution in [0, 0.1) is 31.9 Å². The summed E-state index contributed by atoms with van der Waals surface area (Å²) in [5.41, 5.74) is 0. The van der Waals surface area contributed by atoms with Gasteiger partial charge in [-0.3, -0.25) is 0 Å². The Morgan fingerprint density at radius 3 is 2.14 bits per heavy atom. The van der Waals surface area contributed by atoms with Gasteiger partial charge in [0, 0.05) is 0 Å². The van der Waals surface area contributed by atoms with E-state index in [1.807, 2.05) is 0 Å². The molecular weight excluding hydrogens is 211 g/mol.